The van der Waals surface area contributed by atoms with Crippen LogP contribution >= 0.6 is 0 Å². The molecule has 0 unspecified atom stereocenters. The summed E-state index contributed by atoms with van der Waals surface area (Å²) in [5.41, 5.74) is -0.590. The summed E-state index contributed by atoms with van der Waals surface area (Å²) in [6.45, 7) is -0.456. The molecule has 0 amide bonds. The number of aliphatic hydroxyl groups is 1. The van der Waals surface area contributed by atoms with E-state index in [9.17, 15) is 21.6 Å². The minimum Gasteiger partial charge on any atom is -0.475 e. The van der Waals surface area contributed by atoms with Crippen LogP contribution in [0, 0.1) is 0 Å². The molecule has 0 aliphatic carbocycles. The second-order valence-electron chi connectivity index (χ2n) is 4.94. The van der Waals surface area contributed by atoms with Crippen LogP contribution in [-0.4, -0.2) is 38.0 Å². The van der Waals surface area contributed by atoms with Crippen LogP contribution in [0.3, 0.4) is 0 Å². The van der Waals surface area contributed by atoms with E-state index in [0.717, 1.165) is 12.3 Å². The van der Waals surface area contributed by atoms with Gasteiger partial charge in [-0.25, -0.2) is 13.4 Å². The maximum absolute atomic E-state index is 12.9. The van der Waals surface area contributed by atoms with Gasteiger partial charge in [-0.2, -0.15) is 13.2 Å². The Hall–Kier alpha value is -2.13. The molecule has 24 heavy (non-hydrogen) atoms. The van der Waals surface area contributed by atoms with Crippen LogP contribution in [0.15, 0.2) is 41.4 Å². The van der Waals surface area contributed by atoms with E-state index in [2.05, 4.69) is 4.98 Å². The van der Waals surface area contributed by atoms with Gasteiger partial charge >= 0.3 is 6.18 Å². The van der Waals surface area contributed by atoms with Gasteiger partial charge < -0.3 is 9.84 Å². The van der Waals surface area contributed by atoms with Crippen LogP contribution in [0.2, 0.25) is 0 Å². The molecule has 1 heterocycles. The molecule has 1 aromatic heterocycles. The van der Waals surface area contributed by atoms with Crippen LogP contribution in [-0.2, 0) is 16.0 Å². The number of alkyl halides is 3. The zero-order chi connectivity index (χ0) is 18.0. The topological polar surface area (TPSA) is 76.5 Å². The van der Waals surface area contributed by atoms with Gasteiger partial charge in [0.1, 0.15) is 6.61 Å². The van der Waals surface area contributed by atoms with Crippen molar-refractivity contribution in [3.63, 3.8) is 0 Å². The first kappa shape index (κ1) is 18.2. The highest BCUT2D eigenvalue weighted by Crippen LogP contribution is 2.36. The SMILES string of the molecule is CS(=O)(=O)c1ccc(-c2cc(C(F)(F)F)cnc2OCCO)cc1. The number of nitrogens with zero attached hydrogens (tertiary/aromatic N) is 1. The van der Waals surface area contributed by atoms with E-state index in [1.807, 2.05) is 0 Å². The number of hydrogen-bond acceptors (Lipinski definition) is 5. The van der Waals surface area contributed by atoms with Crippen LogP contribution in [0.5, 0.6) is 5.88 Å². The summed E-state index contributed by atoms with van der Waals surface area (Å²) < 4.78 is 66.7. The average molecular weight is 361 g/mol. The fraction of sp³-hybridized carbons (Fsp3) is 0.267. The van der Waals surface area contributed by atoms with Gasteiger partial charge in [-0.1, -0.05) is 12.1 Å². The van der Waals surface area contributed by atoms with Gasteiger partial charge in [-0.05, 0) is 23.8 Å². The molecule has 1 N–H and O–H groups in total. The molecule has 0 saturated heterocycles. The van der Waals surface area contributed by atoms with Crippen molar-refractivity contribution < 1.29 is 31.4 Å². The van der Waals surface area contributed by atoms with E-state index in [-0.39, 0.29) is 29.6 Å². The van der Waals surface area contributed by atoms with Crippen molar-refractivity contribution in [3.05, 3.63) is 42.1 Å². The summed E-state index contributed by atoms with van der Waals surface area (Å²) in [5, 5.41) is 8.80. The quantitative estimate of drug-likeness (QED) is 0.886. The molecule has 0 atom stereocenters. The number of ether oxygens (including phenoxy) is 1. The predicted molar refractivity (Wildman–Crippen MR) is 80.4 cm³/mol. The second kappa shape index (κ2) is 6.78. The summed E-state index contributed by atoms with van der Waals surface area (Å²) in [4.78, 5) is 3.70. The molecule has 2 rings (SSSR count). The summed E-state index contributed by atoms with van der Waals surface area (Å²) >= 11 is 0. The number of hydrogen-bond donors (Lipinski definition) is 1. The maximum Gasteiger partial charge on any atom is 0.417 e. The van der Waals surface area contributed by atoms with Gasteiger partial charge in [0.05, 0.1) is 17.1 Å². The molecule has 0 fully saturated rings. The Morgan fingerprint density at radius 1 is 1.21 bits per heavy atom. The lowest BCUT2D eigenvalue weighted by Crippen LogP contribution is -2.09. The Kier molecular flexibility index (Phi) is 5.14. The molecular formula is C15H14F3NO4S. The van der Waals surface area contributed by atoms with Crippen LogP contribution in [0.25, 0.3) is 11.1 Å². The van der Waals surface area contributed by atoms with Crippen molar-refractivity contribution in [1.82, 2.24) is 4.98 Å². The van der Waals surface area contributed by atoms with Crippen molar-refractivity contribution in [2.24, 2.45) is 0 Å². The minimum atomic E-state index is -4.58. The van der Waals surface area contributed by atoms with E-state index in [1.54, 1.807) is 0 Å². The largest absolute Gasteiger partial charge is 0.475 e. The van der Waals surface area contributed by atoms with Crippen molar-refractivity contribution in [2.45, 2.75) is 11.1 Å². The first-order valence-electron chi connectivity index (χ1n) is 6.74. The zero-order valence-electron chi connectivity index (χ0n) is 12.5. The van der Waals surface area contributed by atoms with Gasteiger partial charge in [-0.15, -0.1) is 0 Å². The van der Waals surface area contributed by atoms with Crippen molar-refractivity contribution in [2.75, 3.05) is 19.5 Å². The Morgan fingerprint density at radius 3 is 2.33 bits per heavy atom. The Morgan fingerprint density at radius 2 is 1.83 bits per heavy atom. The highest BCUT2D eigenvalue weighted by Gasteiger charge is 2.32. The Bertz CT molecular complexity index is 818. The van der Waals surface area contributed by atoms with Crippen LogP contribution in [0.4, 0.5) is 13.2 Å². The van der Waals surface area contributed by atoms with Gasteiger partial charge in [-0.3, -0.25) is 0 Å². The molecule has 5 nitrogen and oxygen atoms in total. The molecule has 9 heteroatoms. The third-order valence-electron chi connectivity index (χ3n) is 3.10. The van der Waals surface area contributed by atoms with Gasteiger partial charge in [0, 0.05) is 18.0 Å². The maximum atomic E-state index is 12.9. The molecule has 0 bridgehead atoms. The smallest absolute Gasteiger partial charge is 0.417 e. The lowest BCUT2D eigenvalue weighted by molar-refractivity contribution is -0.137. The monoisotopic (exact) mass is 361 g/mol. The van der Waals surface area contributed by atoms with E-state index < -0.39 is 21.6 Å². The third-order valence-corrected chi connectivity index (χ3v) is 4.23. The van der Waals surface area contributed by atoms with E-state index in [0.29, 0.717) is 11.8 Å². The van der Waals surface area contributed by atoms with Crippen molar-refractivity contribution in [3.8, 4) is 17.0 Å². The number of aromatic nitrogens is 1. The third kappa shape index (κ3) is 4.24. The van der Waals surface area contributed by atoms with Gasteiger partial charge in [0.25, 0.3) is 0 Å². The van der Waals surface area contributed by atoms with Gasteiger partial charge in [0.2, 0.25) is 5.88 Å². The molecule has 0 aliphatic rings. The standard InChI is InChI=1S/C15H14F3NO4S/c1-24(21,22)12-4-2-10(3-5-12)13-8-11(15(16,17)18)9-19-14(13)23-7-6-20/h2-5,8-9,20H,6-7H2,1H3. The van der Waals surface area contributed by atoms with Crippen LogP contribution < -0.4 is 4.74 Å². The fourth-order valence-electron chi connectivity index (χ4n) is 1.95. The Labute approximate surface area is 136 Å². The van der Waals surface area contributed by atoms with E-state index in [4.69, 9.17) is 9.84 Å². The highest BCUT2D eigenvalue weighted by molar-refractivity contribution is 7.90. The molecule has 2 aromatic rings. The highest BCUT2D eigenvalue weighted by atomic mass is 32.2. The van der Waals surface area contributed by atoms with Crippen molar-refractivity contribution in [1.29, 1.82) is 0 Å². The number of sulfone groups is 1. The number of rotatable bonds is 5. The first-order chi connectivity index (χ1) is 11.1. The predicted octanol–water partition coefficient (Wildman–Crippen LogP) is 2.54. The molecular weight excluding hydrogens is 347 g/mol. The normalized spacial score (nSPS) is 12.2. The first-order valence-corrected chi connectivity index (χ1v) is 8.63. The average Bonchev–Trinajstić information content (AvgIpc) is 2.51. The minimum absolute atomic E-state index is 0.0454. The van der Waals surface area contributed by atoms with E-state index >= 15 is 0 Å². The number of aliphatic hydroxyl groups excluding tert-OH is 1. The lowest BCUT2D eigenvalue weighted by Gasteiger charge is -2.13. The number of pyridine rings is 1. The summed E-state index contributed by atoms with van der Waals surface area (Å²) in [6.07, 6.45) is -2.91. The summed E-state index contributed by atoms with van der Waals surface area (Å²) in [5.74, 6) is -0.0795. The fourth-order valence-corrected chi connectivity index (χ4v) is 2.58. The summed E-state index contributed by atoms with van der Waals surface area (Å²) in [7, 11) is -3.42. The molecule has 0 spiro atoms. The zero-order valence-corrected chi connectivity index (χ0v) is 13.4. The summed E-state index contributed by atoms with van der Waals surface area (Å²) in [6, 6.07) is 6.20. The second-order valence-corrected chi connectivity index (χ2v) is 6.96. The number of benzene rings is 1. The lowest BCUT2D eigenvalue weighted by atomic mass is 10.1. The molecule has 130 valence electrons. The molecule has 0 saturated carbocycles. The molecule has 0 radical (unpaired) electrons. The Balaban J connectivity index is 2.52. The number of halogens is 3. The van der Waals surface area contributed by atoms with Crippen molar-refractivity contribution >= 4 is 9.84 Å². The van der Waals surface area contributed by atoms with E-state index in [1.165, 1.54) is 24.3 Å². The van der Waals surface area contributed by atoms with Crippen LogP contribution in [0.1, 0.15) is 5.56 Å². The van der Waals surface area contributed by atoms with Gasteiger partial charge in [0.15, 0.2) is 9.84 Å². The molecule has 1 aromatic carbocycles. The molecule has 0 aliphatic heterocycles.